The minimum Gasteiger partial charge on any atom is -0.358 e. The fourth-order valence-electron chi connectivity index (χ4n) is 1.44. The van der Waals surface area contributed by atoms with Crippen LogP contribution in [0.2, 0.25) is 5.15 Å². The van der Waals surface area contributed by atoms with Gasteiger partial charge in [-0.05, 0) is 17.1 Å². The van der Waals surface area contributed by atoms with Crippen LogP contribution in [0.5, 0.6) is 0 Å². The molecule has 2 rings (SSSR count). The normalized spacial score (nSPS) is 15.3. The van der Waals surface area contributed by atoms with E-state index in [-0.39, 0.29) is 5.82 Å². The summed E-state index contributed by atoms with van der Waals surface area (Å²) in [5.74, 6) is -0.0892. The van der Waals surface area contributed by atoms with Crippen LogP contribution >= 0.6 is 11.6 Å². The number of rotatable bonds is 2. The molecule has 17 heavy (non-hydrogen) atoms. The summed E-state index contributed by atoms with van der Waals surface area (Å²) in [6, 6.07) is 3.36. The molecular formula is C9H10ClN5O2. The Morgan fingerprint density at radius 1 is 1.59 bits per heavy atom. The first kappa shape index (κ1) is 11.5. The van der Waals surface area contributed by atoms with Crippen molar-refractivity contribution < 1.29 is 4.92 Å². The molecule has 1 aromatic heterocycles. The minimum absolute atomic E-state index is 0.0892. The molecule has 0 aromatic carbocycles. The molecule has 0 bridgehead atoms. The molecule has 2 heterocycles. The number of hydrogen-bond acceptors (Lipinski definition) is 6. The van der Waals surface area contributed by atoms with Crippen LogP contribution in [-0.2, 0) is 0 Å². The van der Waals surface area contributed by atoms with Gasteiger partial charge in [0.05, 0.1) is 18.1 Å². The third kappa shape index (κ3) is 2.56. The molecule has 0 aliphatic carbocycles. The topological polar surface area (TPSA) is 74.5 Å². The number of nitro groups is 1. The first-order valence-electron chi connectivity index (χ1n) is 4.78. The van der Waals surface area contributed by atoms with Gasteiger partial charge in [-0.2, -0.15) is 10.4 Å². The highest BCUT2D eigenvalue weighted by Crippen LogP contribution is 2.17. The summed E-state index contributed by atoms with van der Waals surface area (Å²) in [6.45, 7) is 0.473. The third-order valence-electron chi connectivity index (χ3n) is 2.18. The molecule has 1 aliphatic rings. The molecular weight excluding hydrogens is 246 g/mol. The van der Waals surface area contributed by atoms with Crippen molar-refractivity contribution in [2.75, 3.05) is 18.7 Å². The van der Waals surface area contributed by atoms with Gasteiger partial charge >= 0.3 is 5.82 Å². The van der Waals surface area contributed by atoms with Gasteiger partial charge in [-0.15, -0.1) is 0 Å². The van der Waals surface area contributed by atoms with Gasteiger partial charge in [0.2, 0.25) is 0 Å². The van der Waals surface area contributed by atoms with Crippen LogP contribution in [0.1, 0.15) is 0 Å². The van der Waals surface area contributed by atoms with Crippen molar-refractivity contribution in [1.29, 1.82) is 0 Å². The fraction of sp³-hybridized carbons (Fsp3) is 0.222. The van der Waals surface area contributed by atoms with Gasteiger partial charge < -0.3 is 15.0 Å². The van der Waals surface area contributed by atoms with E-state index in [1.165, 1.54) is 6.20 Å². The molecule has 7 nitrogen and oxygen atoms in total. The number of halogens is 1. The predicted octanol–water partition coefficient (Wildman–Crippen LogP) is 1.02. The quantitative estimate of drug-likeness (QED) is 0.483. The van der Waals surface area contributed by atoms with E-state index in [0.29, 0.717) is 17.5 Å². The van der Waals surface area contributed by atoms with Gasteiger partial charge in [0.25, 0.3) is 0 Å². The van der Waals surface area contributed by atoms with Crippen LogP contribution < -0.4 is 10.4 Å². The zero-order valence-electron chi connectivity index (χ0n) is 9.00. The van der Waals surface area contributed by atoms with Gasteiger partial charge in [0.15, 0.2) is 0 Å². The summed E-state index contributed by atoms with van der Waals surface area (Å²) in [5.41, 5.74) is 3.39. The van der Waals surface area contributed by atoms with Crippen molar-refractivity contribution in [2.24, 2.45) is 0 Å². The highest BCUT2D eigenvalue weighted by Gasteiger charge is 2.23. The second-order valence-corrected chi connectivity index (χ2v) is 3.94. The molecule has 0 saturated heterocycles. The molecule has 0 spiro atoms. The highest BCUT2D eigenvalue weighted by atomic mass is 35.5. The summed E-state index contributed by atoms with van der Waals surface area (Å²) in [6.07, 6.45) is 2.98. The maximum Gasteiger partial charge on any atom is 0.355 e. The highest BCUT2D eigenvalue weighted by molar-refractivity contribution is 6.29. The average molecular weight is 256 g/mol. The second kappa shape index (κ2) is 4.46. The van der Waals surface area contributed by atoms with Gasteiger partial charge in [0, 0.05) is 7.05 Å². The van der Waals surface area contributed by atoms with Crippen LogP contribution in [0.15, 0.2) is 30.4 Å². The maximum atomic E-state index is 10.7. The Morgan fingerprint density at radius 2 is 2.35 bits per heavy atom. The molecule has 1 aromatic rings. The Labute approximate surface area is 102 Å². The van der Waals surface area contributed by atoms with Gasteiger partial charge in [-0.3, -0.25) is 0 Å². The van der Waals surface area contributed by atoms with Crippen molar-refractivity contribution >= 4 is 17.3 Å². The summed E-state index contributed by atoms with van der Waals surface area (Å²) < 4.78 is 0. The van der Waals surface area contributed by atoms with Gasteiger partial charge in [0.1, 0.15) is 11.8 Å². The van der Waals surface area contributed by atoms with Crippen molar-refractivity contribution in [3.8, 4) is 0 Å². The van der Waals surface area contributed by atoms with Crippen LogP contribution in [-0.4, -0.2) is 28.5 Å². The Bertz CT molecular complexity index is 461. The zero-order chi connectivity index (χ0) is 12.4. The lowest BCUT2D eigenvalue weighted by Gasteiger charge is -2.29. The van der Waals surface area contributed by atoms with Crippen molar-refractivity contribution in [2.45, 2.75) is 0 Å². The molecule has 0 unspecified atom stereocenters. The minimum atomic E-state index is -0.480. The summed E-state index contributed by atoms with van der Waals surface area (Å²) in [7, 11) is 1.75. The van der Waals surface area contributed by atoms with E-state index >= 15 is 0 Å². The molecule has 0 fully saturated rings. The van der Waals surface area contributed by atoms with E-state index in [9.17, 15) is 10.1 Å². The SMILES string of the molecule is CN1C=C([N+](=O)[O-])NN(c2ccc(Cl)nc2)C1. The second-order valence-electron chi connectivity index (χ2n) is 3.55. The maximum absolute atomic E-state index is 10.7. The molecule has 1 aliphatic heterocycles. The molecule has 0 radical (unpaired) electrons. The third-order valence-corrected chi connectivity index (χ3v) is 2.40. The first-order chi connectivity index (χ1) is 8.06. The van der Waals surface area contributed by atoms with Crippen LogP contribution in [0, 0.1) is 10.1 Å². The van der Waals surface area contributed by atoms with Gasteiger partial charge in [-0.25, -0.2) is 4.98 Å². The Hall–Kier alpha value is -2.02. The largest absolute Gasteiger partial charge is 0.358 e. The number of aromatic nitrogens is 1. The molecule has 90 valence electrons. The zero-order valence-corrected chi connectivity index (χ0v) is 9.76. The number of nitrogens with one attached hydrogen (secondary N) is 1. The van der Waals surface area contributed by atoms with Crippen molar-refractivity contribution in [3.05, 3.63) is 45.6 Å². The molecule has 1 N–H and O–H groups in total. The van der Waals surface area contributed by atoms with E-state index in [1.54, 1.807) is 35.3 Å². The molecule has 0 amide bonds. The van der Waals surface area contributed by atoms with Gasteiger partial charge in [-0.1, -0.05) is 11.6 Å². The summed E-state index contributed by atoms with van der Waals surface area (Å²) in [5, 5.41) is 12.7. The Morgan fingerprint density at radius 3 is 2.94 bits per heavy atom. The standard InChI is InChI=1S/C9H10ClN5O2/c1-13-5-9(15(16)17)12-14(6-13)7-2-3-8(10)11-4-7/h2-5,12H,6H2,1H3. The fourth-order valence-corrected chi connectivity index (χ4v) is 1.55. The number of hydrazine groups is 1. The van der Waals surface area contributed by atoms with E-state index in [2.05, 4.69) is 10.4 Å². The van der Waals surface area contributed by atoms with Crippen LogP contribution in [0.3, 0.4) is 0 Å². The monoisotopic (exact) mass is 255 g/mol. The summed E-state index contributed by atoms with van der Waals surface area (Å²) in [4.78, 5) is 15.9. The number of hydrogen-bond donors (Lipinski definition) is 1. The van der Waals surface area contributed by atoms with E-state index < -0.39 is 4.92 Å². The smallest absolute Gasteiger partial charge is 0.355 e. The number of pyridine rings is 1. The Kier molecular flexibility index (Phi) is 3.01. The van der Waals surface area contributed by atoms with Crippen LogP contribution in [0.25, 0.3) is 0 Å². The molecule has 8 heteroatoms. The average Bonchev–Trinajstić information content (AvgIpc) is 2.29. The first-order valence-corrected chi connectivity index (χ1v) is 5.16. The van der Waals surface area contributed by atoms with Crippen molar-refractivity contribution in [1.82, 2.24) is 15.3 Å². The van der Waals surface area contributed by atoms with E-state index in [1.807, 2.05) is 0 Å². The lowest BCUT2D eigenvalue weighted by Crippen LogP contribution is -2.49. The number of anilines is 1. The number of nitrogens with zero attached hydrogens (tertiary/aromatic N) is 4. The molecule has 0 saturated carbocycles. The lowest BCUT2D eigenvalue weighted by atomic mass is 10.4. The lowest BCUT2D eigenvalue weighted by molar-refractivity contribution is -0.434. The van der Waals surface area contributed by atoms with E-state index in [4.69, 9.17) is 11.6 Å². The predicted molar refractivity (Wildman–Crippen MR) is 62.6 cm³/mol. The molecule has 0 atom stereocenters. The van der Waals surface area contributed by atoms with Crippen molar-refractivity contribution in [3.63, 3.8) is 0 Å². The Balaban J connectivity index is 2.21. The van der Waals surface area contributed by atoms with E-state index in [0.717, 1.165) is 0 Å². The van der Waals surface area contributed by atoms with Crippen LogP contribution in [0.4, 0.5) is 5.69 Å². The summed E-state index contributed by atoms with van der Waals surface area (Å²) >= 11 is 5.68.